The first-order chi connectivity index (χ1) is 17.5. The van der Waals surface area contributed by atoms with E-state index in [0.717, 1.165) is 22.4 Å². The van der Waals surface area contributed by atoms with Gasteiger partial charge in [-0.3, -0.25) is 9.36 Å². The van der Waals surface area contributed by atoms with Gasteiger partial charge in [0.2, 0.25) is 0 Å². The van der Waals surface area contributed by atoms with Gasteiger partial charge in [0.25, 0.3) is 5.91 Å². The molecule has 0 aliphatic rings. The minimum Gasteiger partial charge on any atom is -0.493 e. The number of thioether (sulfide) groups is 1. The van der Waals surface area contributed by atoms with Crippen LogP contribution in [0, 0.1) is 13.8 Å². The summed E-state index contributed by atoms with van der Waals surface area (Å²) < 4.78 is 12.5. The van der Waals surface area contributed by atoms with E-state index in [1.165, 1.54) is 17.3 Å². The summed E-state index contributed by atoms with van der Waals surface area (Å²) in [5, 5.41) is 13.5. The number of carbonyl (C=O) groups excluding carboxylic acids is 1. The Bertz CT molecular complexity index is 1370. The Morgan fingerprint density at radius 1 is 0.944 bits per heavy atom. The number of ether oxygens (including phenoxy) is 2. The van der Waals surface area contributed by atoms with Gasteiger partial charge in [0.1, 0.15) is 0 Å². The van der Waals surface area contributed by atoms with Gasteiger partial charge in [-0.05, 0) is 49.7 Å². The van der Waals surface area contributed by atoms with Crippen LogP contribution in [0.4, 0.5) is 0 Å². The highest BCUT2D eigenvalue weighted by atomic mass is 32.2. The van der Waals surface area contributed by atoms with E-state index in [1.807, 2.05) is 73.0 Å². The number of carbonyl (C=O) groups is 1. The second-order valence-corrected chi connectivity index (χ2v) is 8.98. The number of methoxy groups -OCH3 is 2. The van der Waals surface area contributed by atoms with Crippen molar-refractivity contribution in [3.8, 4) is 28.6 Å². The van der Waals surface area contributed by atoms with Crippen molar-refractivity contribution >= 4 is 23.9 Å². The first-order valence-electron chi connectivity index (χ1n) is 11.2. The van der Waals surface area contributed by atoms with Crippen LogP contribution in [-0.2, 0) is 4.79 Å². The molecule has 1 aromatic heterocycles. The Hall–Kier alpha value is -4.11. The molecular weight excluding hydrogens is 474 g/mol. The van der Waals surface area contributed by atoms with E-state index >= 15 is 0 Å². The number of aromatic nitrogens is 3. The molecule has 184 valence electrons. The van der Waals surface area contributed by atoms with Crippen LogP contribution in [0.1, 0.15) is 16.7 Å². The molecule has 0 bridgehead atoms. The van der Waals surface area contributed by atoms with Crippen LogP contribution in [0.5, 0.6) is 11.5 Å². The highest BCUT2D eigenvalue weighted by Gasteiger charge is 2.17. The molecule has 36 heavy (non-hydrogen) atoms. The summed E-state index contributed by atoms with van der Waals surface area (Å²) in [6.07, 6.45) is 1.55. The largest absolute Gasteiger partial charge is 0.493 e. The average molecular weight is 502 g/mol. The lowest BCUT2D eigenvalue weighted by molar-refractivity contribution is -0.118. The number of hydrazone groups is 1. The standard InChI is InChI=1S/C27H27N5O3S/c1-18-5-10-21(11-6-18)26-30-31-27(32(26)22-12-7-19(2)8-13-22)36-17-25(33)29-28-16-20-9-14-23(34-3)24(15-20)35-4/h5-16H,17H2,1-4H3,(H,29,33). The third-order valence-electron chi connectivity index (χ3n) is 5.38. The zero-order chi connectivity index (χ0) is 25.5. The quantitative estimate of drug-likeness (QED) is 0.201. The molecule has 0 unspecified atom stereocenters. The number of nitrogens with one attached hydrogen (secondary N) is 1. The highest BCUT2D eigenvalue weighted by Crippen LogP contribution is 2.29. The molecule has 1 heterocycles. The van der Waals surface area contributed by atoms with E-state index in [0.29, 0.717) is 22.5 Å². The molecular formula is C27H27N5O3S. The minimum absolute atomic E-state index is 0.126. The Morgan fingerprint density at radius 2 is 1.61 bits per heavy atom. The summed E-state index contributed by atoms with van der Waals surface area (Å²) in [6, 6.07) is 21.6. The van der Waals surface area contributed by atoms with Crippen molar-refractivity contribution in [2.75, 3.05) is 20.0 Å². The number of benzene rings is 3. The van der Waals surface area contributed by atoms with Crippen molar-refractivity contribution in [1.29, 1.82) is 0 Å². The summed E-state index contributed by atoms with van der Waals surface area (Å²) in [7, 11) is 3.14. The Kier molecular flexibility index (Phi) is 8.02. The van der Waals surface area contributed by atoms with E-state index in [9.17, 15) is 4.79 Å². The fourth-order valence-corrected chi connectivity index (χ4v) is 4.20. The summed E-state index contributed by atoms with van der Waals surface area (Å²) in [4.78, 5) is 12.5. The third kappa shape index (κ3) is 5.92. The fourth-order valence-electron chi connectivity index (χ4n) is 3.45. The lowest BCUT2D eigenvalue weighted by Gasteiger charge is -2.11. The van der Waals surface area contributed by atoms with Gasteiger partial charge >= 0.3 is 0 Å². The van der Waals surface area contributed by atoms with Gasteiger partial charge in [-0.2, -0.15) is 5.10 Å². The number of aryl methyl sites for hydroxylation is 2. The molecule has 4 aromatic rings. The molecule has 0 radical (unpaired) electrons. The Morgan fingerprint density at radius 3 is 2.28 bits per heavy atom. The minimum atomic E-state index is -0.257. The molecule has 0 aliphatic carbocycles. The summed E-state index contributed by atoms with van der Waals surface area (Å²) in [5.41, 5.74) is 7.52. The van der Waals surface area contributed by atoms with Crippen molar-refractivity contribution in [2.24, 2.45) is 5.10 Å². The number of nitrogens with zero attached hydrogens (tertiary/aromatic N) is 4. The van der Waals surface area contributed by atoms with Gasteiger partial charge in [0, 0.05) is 11.3 Å². The summed E-state index contributed by atoms with van der Waals surface area (Å²) in [5.74, 6) is 1.79. The predicted molar refractivity (Wildman–Crippen MR) is 142 cm³/mol. The monoisotopic (exact) mass is 501 g/mol. The van der Waals surface area contributed by atoms with Crippen LogP contribution >= 0.6 is 11.8 Å². The maximum absolute atomic E-state index is 12.5. The topological polar surface area (TPSA) is 90.6 Å². The zero-order valence-electron chi connectivity index (χ0n) is 20.6. The predicted octanol–water partition coefficient (Wildman–Crippen LogP) is 4.81. The SMILES string of the molecule is COc1ccc(C=NNC(=O)CSc2nnc(-c3ccc(C)cc3)n2-c2ccc(C)cc2)cc1OC. The second-order valence-electron chi connectivity index (χ2n) is 8.04. The molecule has 3 aromatic carbocycles. The molecule has 0 spiro atoms. The molecule has 1 amide bonds. The van der Waals surface area contributed by atoms with Crippen LogP contribution in [0.15, 0.2) is 77.0 Å². The first kappa shape index (κ1) is 25.0. The van der Waals surface area contributed by atoms with Crippen LogP contribution in [0.2, 0.25) is 0 Å². The maximum atomic E-state index is 12.5. The molecule has 0 fully saturated rings. The van der Waals surface area contributed by atoms with Crippen LogP contribution in [0.3, 0.4) is 0 Å². The molecule has 0 saturated carbocycles. The maximum Gasteiger partial charge on any atom is 0.250 e. The molecule has 1 N–H and O–H groups in total. The fraction of sp³-hybridized carbons (Fsp3) is 0.185. The van der Waals surface area contributed by atoms with Crippen molar-refractivity contribution in [2.45, 2.75) is 19.0 Å². The molecule has 4 rings (SSSR count). The number of hydrogen-bond donors (Lipinski definition) is 1. The second kappa shape index (κ2) is 11.5. The smallest absolute Gasteiger partial charge is 0.250 e. The van der Waals surface area contributed by atoms with Crippen molar-refractivity contribution in [3.05, 3.63) is 83.4 Å². The van der Waals surface area contributed by atoms with Gasteiger partial charge in [-0.15, -0.1) is 10.2 Å². The zero-order valence-corrected chi connectivity index (χ0v) is 21.4. The van der Waals surface area contributed by atoms with Crippen molar-refractivity contribution < 1.29 is 14.3 Å². The van der Waals surface area contributed by atoms with E-state index in [1.54, 1.807) is 32.6 Å². The van der Waals surface area contributed by atoms with E-state index in [-0.39, 0.29) is 11.7 Å². The van der Waals surface area contributed by atoms with Gasteiger partial charge in [-0.1, -0.05) is 59.3 Å². The average Bonchev–Trinajstić information content (AvgIpc) is 3.32. The molecule has 0 saturated heterocycles. The van der Waals surface area contributed by atoms with Crippen LogP contribution in [0.25, 0.3) is 17.1 Å². The number of rotatable bonds is 9. The highest BCUT2D eigenvalue weighted by molar-refractivity contribution is 7.99. The Balaban J connectivity index is 1.48. The van der Waals surface area contributed by atoms with E-state index < -0.39 is 0 Å². The van der Waals surface area contributed by atoms with Gasteiger partial charge in [0.15, 0.2) is 22.5 Å². The number of amides is 1. The first-order valence-corrected chi connectivity index (χ1v) is 12.2. The van der Waals surface area contributed by atoms with Crippen LogP contribution < -0.4 is 14.9 Å². The van der Waals surface area contributed by atoms with Crippen molar-refractivity contribution in [3.63, 3.8) is 0 Å². The van der Waals surface area contributed by atoms with Crippen molar-refractivity contribution in [1.82, 2.24) is 20.2 Å². The molecule has 0 aliphatic heterocycles. The normalized spacial score (nSPS) is 11.0. The van der Waals surface area contributed by atoms with Crippen LogP contribution in [-0.4, -0.2) is 46.9 Å². The number of hydrogen-bond acceptors (Lipinski definition) is 7. The lowest BCUT2D eigenvalue weighted by Crippen LogP contribution is -2.20. The molecule has 9 heteroatoms. The lowest BCUT2D eigenvalue weighted by atomic mass is 10.1. The molecule has 8 nitrogen and oxygen atoms in total. The van der Waals surface area contributed by atoms with Gasteiger partial charge in [-0.25, -0.2) is 5.43 Å². The summed E-state index contributed by atoms with van der Waals surface area (Å²) in [6.45, 7) is 4.08. The van der Waals surface area contributed by atoms with E-state index in [2.05, 4.69) is 20.7 Å². The van der Waals surface area contributed by atoms with Gasteiger partial charge < -0.3 is 9.47 Å². The van der Waals surface area contributed by atoms with E-state index in [4.69, 9.17) is 9.47 Å². The third-order valence-corrected chi connectivity index (χ3v) is 6.31. The summed E-state index contributed by atoms with van der Waals surface area (Å²) >= 11 is 1.30. The van der Waals surface area contributed by atoms with Gasteiger partial charge in [0.05, 0.1) is 26.2 Å². The Labute approximate surface area is 214 Å². The molecule has 0 atom stereocenters.